The fourth-order valence-electron chi connectivity index (χ4n) is 7.90. The van der Waals surface area contributed by atoms with Crippen molar-refractivity contribution in [2.45, 2.75) is 88.9 Å². The number of fused-ring (bicyclic) bond motifs is 1. The molecule has 0 N–H and O–H groups in total. The Kier molecular flexibility index (Phi) is 11.4. The molecule has 2 saturated carbocycles. The first-order chi connectivity index (χ1) is 24.8. The average molecular weight is 724 g/mol. The fourth-order valence-corrected chi connectivity index (χ4v) is 7.90. The topological polar surface area (TPSA) is 87.2 Å². The van der Waals surface area contributed by atoms with Crippen LogP contribution in [0, 0.1) is 11.2 Å². The Balaban J connectivity index is 0.000000362. The fraction of sp³-hybridized carbons (Fsp3) is 0.590. The predicted octanol–water partition coefficient (Wildman–Crippen LogP) is 6.66. The van der Waals surface area contributed by atoms with Crippen LogP contribution in [-0.2, 0) is 6.42 Å². The highest BCUT2D eigenvalue weighted by Gasteiger charge is 2.54. The van der Waals surface area contributed by atoms with Gasteiger partial charge in [0.15, 0.2) is 17.9 Å². The number of aromatic nitrogens is 3. The van der Waals surface area contributed by atoms with Crippen LogP contribution in [0.5, 0.6) is 17.2 Å². The molecule has 2 aliphatic heterocycles. The first-order valence-corrected chi connectivity index (χ1v) is 18.3. The standard InChI is InChI=1S/C31H37FN6O3.C8H15F2N/c1-36(2)11-4-5-25-29-24(9-12-37(25)3)34-10-8-27(29)40-23-14-31(15-23)18-38(19-31)30-28(16-33-20-35-30)41-26-7-6-22(32)13-21(26)17-39;1-6(2)11(3)7-4-8(9,10)5-7/h6-8,10,13,16-17,20,23,25H,4-5,9,11-12,14-15,18-19H2,1-3H3;6-7H,4-5H2,1-3H3. The molecule has 1 unspecified atom stereocenters. The van der Waals surface area contributed by atoms with Crippen LogP contribution in [0.15, 0.2) is 43.0 Å². The number of hydrogen-bond donors (Lipinski definition) is 0. The van der Waals surface area contributed by atoms with E-state index in [4.69, 9.17) is 14.5 Å². The highest BCUT2D eigenvalue weighted by Crippen LogP contribution is 2.52. The van der Waals surface area contributed by atoms with Gasteiger partial charge in [0.05, 0.1) is 17.5 Å². The summed E-state index contributed by atoms with van der Waals surface area (Å²) in [4.78, 5) is 33.6. The highest BCUT2D eigenvalue weighted by molar-refractivity contribution is 5.79. The number of carbonyl (C=O) groups is 1. The Hall–Kier alpha value is -3.81. The molecule has 10 nitrogen and oxygen atoms in total. The number of halogens is 3. The molecule has 0 radical (unpaired) electrons. The molecule has 1 aromatic carbocycles. The van der Waals surface area contributed by atoms with Crippen LogP contribution in [0.2, 0.25) is 0 Å². The molecule has 0 bridgehead atoms. The number of likely N-dealkylation sites (N-methyl/N-ethyl adjacent to an activating group) is 1. The lowest BCUT2D eigenvalue weighted by atomic mass is 9.61. The van der Waals surface area contributed by atoms with Gasteiger partial charge in [-0.25, -0.2) is 23.1 Å². The minimum absolute atomic E-state index is 0.0433. The van der Waals surface area contributed by atoms with Crippen LogP contribution in [0.25, 0.3) is 0 Å². The Bertz CT molecular complexity index is 1690. The maximum absolute atomic E-state index is 13.6. The number of anilines is 1. The van der Waals surface area contributed by atoms with Crippen LogP contribution in [-0.4, -0.2) is 114 Å². The third-order valence-corrected chi connectivity index (χ3v) is 11.1. The first-order valence-electron chi connectivity index (χ1n) is 18.3. The molecule has 7 rings (SSSR count). The summed E-state index contributed by atoms with van der Waals surface area (Å²) in [7, 11) is 8.36. The number of carbonyl (C=O) groups excluding carboxylic acids is 1. The average Bonchev–Trinajstić information content (AvgIpc) is 3.06. The van der Waals surface area contributed by atoms with E-state index in [2.05, 4.69) is 45.8 Å². The molecule has 4 aliphatic rings. The van der Waals surface area contributed by atoms with E-state index in [9.17, 15) is 18.0 Å². The van der Waals surface area contributed by atoms with Gasteiger partial charge in [-0.1, -0.05) is 0 Å². The lowest BCUT2D eigenvalue weighted by Gasteiger charge is -2.59. The summed E-state index contributed by atoms with van der Waals surface area (Å²) in [5, 5.41) is 0. The smallest absolute Gasteiger partial charge is 0.251 e. The molecule has 4 heterocycles. The minimum atomic E-state index is -2.38. The van der Waals surface area contributed by atoms with Crippen molar-refractivity contribution in [3.63, 3.8) is 0 Å². The van der Waals surface area contributed by atoms with Gasteiger partial charge >= 0.3 is 0 Å². The van der Waals surface area contributed by atoms with Crippen LogP contribution in [0.3, 0.4) is 0 Å². The largest absolute Gasteiger partial charge is 0.490 e. The highest BCUT2D eigenvalue weighted by atomic mass is 19.3. The Morgan fingerprint density at radius 1 is 1.04 bits per heavy atom. The predicted molar refractivity (Wildman–Crippen MR) is 194 cm³/mol. The second-order valence-corrected chi connectivity index (χ2v) is 15.7. The lowest BCUT2D eigenvalue weighted by Crippen LogP contribution is -2.65. The zero-order valence-corrected chi connectivity index (χ0v) is 31.2. The van der Waals surface area contributed by atoms with E-state index in [1.165, 1.54) is 29.7 Å². The molecule has 282 valence electrons. The molecule has 52 heavy (non-hydrogen) atoms. The Morgan fingerprint density at radius 2 is 1.79 bits per heavy atom. The number of hydrogen-bond acceptors (Lipinski definition) is 10. The van der Waals surface area contributed by atoms with E-state index in [1.54, 1.807) is 6.20 Å². The van der Waals surface area contributed by atoms with Crippen LogP contribution in [0.4, 0.5) is 19.0 Å². The summed E-state index contributed by atoms with van der Waals surface area (Å²) in [5.41, 5.74) is 2.78. The van der Waals surface area contributed by atoms with Gasteiger partial charge in [0.2, 0.25) is 0 Å². The quantitative estimate of drug-likeness (QED) is 0.189. The molecule has 2 aliphatic carbocycles. The van der Waals surface area contributed by atoms with E-state index in [-0.39, 0.29) is 41.7 Å². The zero-order valence-electron chi connectivity index (χ0n) is 31.2. The maximum atomic E-state index is 13.6. The third kappa shape index (κ3) is 8.52. The second kappa shape index (κ2) is 15.7. The monoisotopic (exact) mass is 723 g/mol. The van der Waals surface area contributed by atoms with Crippen molar-refractivity contribution < 1.29 is 27.4 Å². The molecule has 0 amide bonds. The molecule has 1 spiro atoms. The number of aldehydes is 1. The second-order valence-electron chi connectivity index (χ2n) is 15.7. The molecular formula is C39H52F3N7O3. The molecule has 3 fully saturated rings. The summed E-state index contributed by atoms with van der Waals surface area (Å²) < 4.78 is 51.0. The molecule has 2 aromatic heterocycles. The van der Waals surface area contributed by atoms with Gasteiger partial charge in [-0.3, -0.25) is 14.7 Å². The van der Waals surface area contributed by atoms with Crippen molar-refractivity contribution in [1.82, 2.24) is 29.7 Å². The van der Waals surface area contributed by atoms with Crippen molar-refractivity contribution in [2.75, 3.05) is 59.3 Å². The summed E-state index contributed by atoms with van der Waals surface area (Å²) in [5.74, 6) is -0.497. The van der Waals surface area contributed by atoms with Crippen LogP contribution >= 0.6 is 0 Å². The molecule has 1 atom stereocenters. The van der Waals surface area contributed by atoms with E-state index in [1.807, 2.05) is 38.1 Å². The van der Waals surface area contributed by atoms with E-state index in [0.717, 1.165) is 70.1 Å². The summed E-state index contributed by atoms with van der Waals surface area (Å²) >= 11 is 0. The van der Waals surface area contributed by atoms with Gasteiger partial charge in [0.1, 0.15) is 29.7 Å². The first kappa shape index (κ1) is 37.9. The van der Waals surface area contributed by atoms with Crippen molar-refractivity contribution >= 4 is 12.1 Å². The SMILES string of the molecule is CC(C)N(C)C1CC(F)(F)C1.CN(C)CCCC1c2c(OC3CC4(C3)CN(c3ncncc3Oc3ccc(F)cc3C=O)C4)ccnc2CCN1C. The van der Waals surface area contributed by atoms with Crippen molar-refractivity contribution in [1.29, 1.82) is 0 Å². The van der Waals surface area contributed by atoms with Crippen molar-refractivity contribution in [3.05, 3.63) is 65.6 Å². The number of benzene rings is 1. The van der Waals surface area contributed by atoms with Gasteiger partial charge in [-0.15, -0.1) is 0 Å². The zero-order chi connectivity index (χ0) is 37.2. The molecule has 13 heteroatoms. The van der Waals surface area contributed by atoms with E-state index >= 15 is 0 Å². The van der Waals surface area contributed by atoms with Gasteiger partial charge in [-0.05, 0) is 98.5 Å². The van der Waals surface area contributed by atoms with Gasteiger partial charge in [0.25, 0.3) is 5.92 Å². The lowest BCUT2D eigenvalue weighted by molar-refractivity contribution is -0.124. The van der Waals surface area contributed by atoms with Crippen LogP contribution in [0.1, 0.15) is 80.0 Å². The number of nitrogens with zero attached hydrogens (tertiary/aromatic N) is 7. The number of alkyl halides is 2. The summed E-state index contributed by atoms with van der Waals surface area (Å²) in [6.07, 6.45) is 10.9. The van der Waals surface area contributed by atoms with E-state index < -0.39 is 11.7 Å². The molecular weight excluding hydrogens is 671 g/mol. The Labute approximate surface area is 305 Å². The van der Waals surface area contributed by atoms with Gasteiger partial charge in [0, 0.05) is 74.2 Å². The Morgan fingerprint density at radius 3 is 2.46 bits per heavy atom. The maximum Gasteiger partial charge on any atom is 0.251 e. The van der Waals surface area contributed by atoms with Crippen molar-refractivity contribution in [2.24, 2.45) is 5.41 Å². The van der Waals surface area contributed by atoms with Gasteiger partial charge < -0.3 is 24.2 Å². The van der Waals surface area contributed by atoms with Crippen molar-refractivity contribution in [3.8, 4) is 17.2 Å². The van der Waals surface area contributed by atoms with Crippen LogP contribution < -0.4 is 14.4 Å². The summed E-state index contributed by atoms with van der Waals surface area (Å²) in [6.45, 7) is 7.82. The van der Waals surface area contributed by atoms with Gasteiger partial charge in [-0.2, -0.15) is 0 Å². The number of pyridine rings is 1. The number of ether oxygens (including phenoxy) is 2. The normalized spacial score (nSPS) is 21.9. The summed E-state index contributed by atoms with van der Waals surface area (Å²) in [6, 6.07) is 6.71. The molecule has 3 aromatic rings. The van der Waals surface area contributed by atoms with E-state index in [0.29, 0.717) is 29.9 Å². The molecule has 1 saturated heterocycles. The minimum Gasteiger partial charge on any atom is -0.490 e. The third-order valence-electron chi connectivity index (χ3n) is 11.1. The number of rotatable bonds is 12.